The van der Waals surface area contributed by atoms with Crippen LogP contribution in [0.5, 0.6) is 0 Å². The average molecular weight is 383 g/mol. The van der Waals surface area contributed by atoms with Gasteiger partial charge in [-0.25, -0.2) is 5.43 Å². The van der Waals surface area contributed by atoms with Crippen LogP contribution in [0.2, 0.25) is 5.02 Å². The van der Waals surface area contributed by atoms with Crippen molar-refractivity contribution in [1.29, 1.82) is 0 Å². The summed E-state index contributed by atoms with van der Waals surface area (Å²) in [5, 5.41) is 5.05. The number of halogens is 1. The highest BCUT2D eigenvalue weighted by atomic mass is 35.5. The molecule has 2 aliphatic rings. The van der Waals surface area contributed by atoms with Gasteiger partial charge in [0.25, 0.3) is 5.91 Å². The van der Waals surface area contributed by atoms with Gasteiger partial charge in [-0.1, -0.05) is 35.9 Å². The fourth-order valence-electron chi connectivity index (χ4n) is 3.30. The van der Waals surface area contributed by atoms with Crippen LogP contribution in [-0.4, -0.2) is 11.6 Å². The summed E-state index contributed by atoms with van der Waals surface area (Å²) in [6.45, 7) is 0. The Morgan fingerprint density at radius 3 is 2.65 bits per heavy atom. The monoisotopic (exact) mass is 382 g/mol. The number of nitrogens with zero attached hydrogens (tertiary/aromatic N) is 1. The van der Waals surface area contributed by atoms with E-state index in [2.05, 4.69) is 22.7 Å². The Labute approximate surface area is 162 Å². The molecule has 0 saturated heterocycles. The SMILES string of the molecule is O=C(N/N=C1/CC2CC=CC12)c1ccc(CSc2ccc(Cl)cc2)cc1. The number of carbonyl (C=O) groups excluding carboxylic acids is 1. The lowest BCUT2D eigenvalue weighted by Crippen LogP contribution is -2.35. The van der Waals surface area contributed by atoms with Gasteiger partial charge >= 0.3 is 0 Å². The van der Waals surface area contributed by atoms with Gasteiger partial charge in [-0.2, -0.15) is 5.10 Å². The van der Waals surface area contributed by atoms with E-state index in [4.69, 9.17) is 11.6 Å². The first kappa shape index (κ1) is 17.4. The largest absolute Gasteiger partial charge is 0.271 e. The fourth-order valence-corrected chi connectivity index (χ4v) is 4.28. The van der Waals surface area contributed by atoms with Crippen molar-refractivity contribution in [3.8, 4) is 0 Å². The Balaban J connectivity index is 1.30. The number of thioether (sulfide) groups is 1. The molecule has 4 rings (SSSR count). The second-order valence-electron chi connectivity index (χ2n) is 6.64. The molecule has 132 valence electrons. The minimum Gasteiger partial charge on any atom is -0.267 e. The molecule has 2 aliphatic carbocycles. The van der Waals surface area contributed by atoms with Gasteiger partial charge in [0.1, 0.15) is 0 Å². The third-order valence-electron chi connectivity index (χ3n) is 4.88. The summed E-state index contributed by atoms with van der Waals surface area (Å²) >= 11 is 7.64. The summed E-state index contributed by atoms with van der Waals surface area (Å²) in [6.07, 6.45) is 6.55. The molecular formula is C21H19ClN2OS. The second kappa shape index (κ2) is 7.68. The summed E-state index contributed by atoms with van der Waals surface area (Å²) in [4.78, 5) is 13.4. The molecule has 1 fully saturated rings. The molecule has 2 aromatic rings. The van der Waals surface area contributed by atoms with Crippen LogP contribution in [0.15, 0.2) is 70.7 Å². The number of carbonyl (C=O) groups is 1. The maximum absolute atomic E-state index is 12.2. The molecule has 26 heavy (non-hydrogen) atoms. The zero-order valence-corrected chi connectivity index (χ0v) is 15.8. The molecule has 3 nitrogen and oxygen atoms in total. The highest BCUT2D eigenvalue weighted by Crippen LogP contribution is 2.40. The van der Waals surface area contributed by atoms with Crippen molar-refractivity contribution >= 4 is 35.0 Å². The van der Waals surface area contributed by atoms with Gasteiger partial charge in [0, 0.05) is 32.9 Å². The number of amides is 1. The maximum Gasteiger partial charge on any atom is 0.271 e. The van der Waals surface area contributed by atoms with Crippen LogP contribution in [0.1, 0.15) is 28.8 Å². The first-order chi connectivity index (χ1) is 12.7. The highest BCUT2D eigenvalue weighted by molar-refractivity contribution is 7.98. The van der Waals surface area contributed by atoms with E-state index in [1.54, 1.807) is 11.8 Å². The van der Waals surface area contributed by atoms with Crippen molar-refractivity contribution < 1.29 is 4.79 Å². The van der Waals surface area contributed by atoms with Crippen molar-refractivity contribution in [2.24, 2.45) is 16.9 Å². The van der Waals surface area contributed by atoms with E-state index < -0.39 is 0 Å². The fraction of sp³-hybridized carbons (Fsp3) is 0.238. The standard InChI is InChI=1S/C21H19ClN2OS/c22-17-8-10-18(11-9-17)26-13-14-4-6-15(7-5-14)21(25)24-23-20-12-16-2-1-3-19(16)20/h1,3-11,16,19H,2,12-13H2,(H,24,25)/b23-20-. The van der Waals surface area contributed by atoms with Crippen molar-refractivity contribution in [1.82, 2.24) is 5.43 Å². The smallest absolute Gasteiger partial charge is 0.267 e. The van der Waals surface area contributed by atoms with Crippen molar-refractivity contribution in [2.45, 2.75) is 23.5 Å². The zero-order valence-electron chi connectivity index (χ0n) is 14.2. The molecule has 1 N–H and O–H groups in total. The Kier molecular flexibility index (Phi) is 5.14. The van der Waals surface area contributed by atoms with Crippen LogP contribution >= 0.6 is 23.4 Å². The van der Waals surface area contributed by atoms with Gasteiger partial charge in [0.05, 0.1) is 0 Å². The third kappa shape index (κ3) is 3.87. The topological polar surface area (TPSA) is 41.5 Å². The molecule has 2 atom stereocenters. The quantitative estimate of drug-likeness (QED) is 0.432. The van der Waals surface area contributed by atoms with E-state index in [-0.39, 0.29) is 5.91 Å². The molecular weight excluding hydrogens is 364 g/mol. The predicted molar refractivity (Wildman–Crippen MR) is 108 cm³/mol. The van der Waals surface area contributed by atoms with E-state index in [0.29, 0.717) is 17.4 Å². The lowest BCUT2D eigenvalue weighted by molar-refractivity contribution is 0.0954. The first-order valence-electron chi connectivity index (χ1n) is 8.70. The molecule has 2 unspecified atom stereocenters. The molecule has 0 radical (unpaired) electrons. The van der Waals surface area contributed by atoms with E-state index in [1.807, 2.05) is 48.5 Å². The number of allylic oxidation sites excluding steroid dienone is 2. The van der Waals surface area contributed by atoms with Crippen LogP contribution in [0.3, 0.4) is 0 Å². The maximum atomic E-state index is 12.2. The highest BCUT2D eigenvalue weighted by Gasteiger charge is 2.37. The van der Waals surface area contributed by atoms with Crippen LogP contribution in [0, 0.1) is 11.8 Å². The number of hydrazone groups is 1. The van der Waals surface area contributed by atoms with Crippen LogP contribution in [0.25, 0.3) is 0 Å². The summed E-state index contributed by atoms with van der Waals surface area (Å²) < 4.78 is 0. The predicted octanol–water partition coefficient (Wildman–Crippen LogP) is 5.31. The Morgan fingerprint density at radius 1 is 1.15 bits per heavy atom. The molecule has 2 aromatic carbocycles. The zero-order chi connectivity index (χ0) is 17.9. The lowest BCUT2D eigenvalue weighted by Gasteiger charge is -2.31. The van der Waals surface area contributed by atoms with Gasteiger partial charge < -0.3 is 0 Å². The van der Waals surface area contributed by atoms with E-state index in [1.165, 1.54) is 10.5 Å². The molecule has 1 saturated carbocycles. The lowest BCUT2D eigenvalue weighted by atomic mass is 9.74. The molecule has 0 spiro atoms. The van der Waals surface area contributed by atoms with E-state index >= 15 is 0 Å². The number of benzene rings is 2. The Morgan fingerprint density at radius 2 is 1.92 bits per heavy atom. The van der Waals surface area contributed by atoms with Gasteiger partial charge in [-0.3, -0.25) is 4.79 Å². The van der Waals surface area contributed by atoms with E-state index in [0.717, 1.165) is 29.3 Å². The second-order valence-corrected chi connectivity index (χ2v) is 8.12. The number of hydrogen-bond donors (Lipinski definition) is 1. The Hall–Kier alpha value is -2.04. The molecule has 0 bridgehead atoms. The van der Waals surface area contributed by atoms with Gasteiger partial charge in [-0.05, 0) is 60.7 Å². The Bertz CT molecular complexity index is 859. The van der Waals surface area contributed by atoms with Gasteiger partial charge in [0.2, 0.25) is 0 Å². The van der Waals surface area contributed by atoms with Crippen molar-refractivity contribution in [3.63, 3.8) is 0 Å². The van der Waals surface area contributed by atoms with Crippen LogP contribution in [-0.2, 0) is 5.75 Å². The summed E-state index contributed by atoms with van der Waals surface area (Å²) in [5.74, 6) is 1.85. The normalized spacial score (nSPS) is 22.1. The minimum atomic E-state index is -0.153. The summed E-state index contributed by atoms with van der Waals surface area (Å²) in [6, 6.07) is 15.5. The van der Waals surface area contributed by atoms with Gasteiger partial charge in [0.15, 0.2) is 0 Å². The minimum absolute atomic E-state index is 0.153. The number of fused-ring (bicyclic) bond motifs is 1. The molecule has 5 heteroatoms. The molecule has 0 aromatic heterocycles. The molecule has 0 heterocycles. The van der Waals surface area contributed by atoms with Crippen molar-refractivity contribution in [2.75, 3.05) is 0 Å². The molecule has 1 amide bonds. The number of nitrogens with one attached hydrogen (secondary N) is 1. The van der Waals surface area contributed by atoms with Crippen LogP contribution in [0.4, 0.5) is 0 Å². The van der Waals surface area contributed by atoms with Crippen LogP contribution < -0.4 is 5.43 Å². The van der Waals surface area contributed by atoms with E-state index in [9.17, 15) is 4.79 Å². The third-order valence-corrected chi connectivity index (χ3v) is 6.22. The average Bonchev–Trinajstić information content (AvgIpc) is 3.02. The summed E-state index contributed by atoms with van der Waals surface area (Å²) in [5.41, 5.74) is 5.59. The summed E-state index contributed by atoms with van der Waals surface area (Å²) in [7, 11) is 0. The number of hydrogen-bond acceptors (Lipinski definition) is 3. The van der Waals surface area contributed by atoms with Crippen molar-refractivity contribution in [3.05, 3.63) is 76.8 Å². The number of rotatable bonds is 5. The first-order valence-corrected chi connectivity index (χ1v) is 10.1. The van der Waals surface area contributed by atoms with Gasteiger partial charge in [-0.15, -0.1) is 11.8 Å². The molecule has 0 aliphatic heterocycles.